The number of rotatable bonds is 3. The molecule has 0 bridgehead atoms. The molecule has 0 atom stereocenters. The van der Waals surface area contributed by atoms with E-state index in [0.29, 0.717) is 0 Å². The van der Waals surface area contributed by atoms with Crippen molar-refractivity contribution in [2.75, 3.05) is 0 Å². The molecule has 1 fully saturated rings. The maximum Gasteiger partial charge on any atom is 0.0210 e. The van der Waals surface area contributed by atoms with Crippen LogP contribution >= 0.6 is 0 Å². The minimum absolute atomic E-state index is 0.204. The van der Waals surface area contributed by atoms with Crippen LogP contribution in [0.4, 0.5) is 0 Å². The van der Waals surface area contributed by atoms with Crippen molar-refractivity contribution in [3.63, 3.8) is 0 Å². The van der Waals surface area contributed by atoms with E-state index in [-0.39, 0.29) is 5.54 Å². The summed E-state index contributed by atoms with van der Waals surface area (Å²) in [7, 11) is 0. The van der Waals surface area contributed by atoms with E-state index in [9.17, 15) is 0 Å². The fourth-order valence-electron chi connectivity index (χ4n) is 1.74. The van der Waals surface area contributed by atoms with Crippen molar-refractivity contribution < 1.29 is 0 Å². The number of nitrogens with one attached hydrogen (secondary N) is 1. The molecule has 0 radical (unpaired) electrons. The molecule has 2 rings (SSSR count). The van der Waals surface area contributed by atoms with E-state index in [4.69, 9.17) is 0 Å². The van der Waals surface area contributed by atoms with Gasteiger partial charge in [-0.3, -0.25) is 0 Å². The van der Waals surface area contributed by atoms with Crippen molar-refractivity contribution in [3.05, 3.63) is 35.4 Å². The van der Waals surface area contributed by atoms with Gasteiger partial charge < -0.3 is 5.32 Å². The molecular weight excluding hydrogens is 182 g/mol. The molecule has 0 heterocycles. The largest absolute Gasteiger partial charge is 0.308 e. The third-order valence-corrected chi connectivity index (χ3v) is 2.82. The molecule has 1 aromatic rings. The minimum atomic E-state index is 0.204. The zero-order valence-corrected chi connectivity index (χ0v) is 10.0. The summed E-state index contributed by atoms with van der Waals surface area (Å²) in [5, 5.41) is 3.52. The smallest absolute Gasteiger partial charge is 0.0210 e. The van der Waals surface area contributed by atoms with E-state index in [2.05, 4.69) is 50.4 Å². The van der Waals surface area contributed by atoms with Gasteiger partial charge in [-0.05, 0) is 50.7 Å². The summed E-state index contributed by atoms with van der Waals surface area (Å²) in [6.45, 7) is 7.59. The van der Waals surface area contributed by atoms with Gasteiger partial charge in [0.25, 0.3) is 0 Å². The second-order valence-electron chi connectivity index (χ2n) is 5.62. The molecular formula is C14H21N. The van der Waals surface area contributed by atoms with Crippen molar-refractivity contribution in [2.45, 2.75) is 51.6 Å². The van der Waals surface area contributed by atoms with E-state index in [1.54, 1.807) is 0 Å². The van der Waals surface area contributed by atoms with Gasteiger partial charge in [0, 0.05) is 12.1 Å². The van der Waals surface area contributed by atoms with Gasteiger partial charge in [-0.2, -0.15) is 0 Å². The molecule has 0 aliphatic heterocycles. The topological polar surface area (TPSA) is 12.0 Å². The van der Waals surface area contributed by atoms with Gasteiger partial charge in [-0.1, -0.05) is 24.3 Å². The van der Waals surface area contributed by atoms with Crippen LogP contribution < -0.4 is 5.32 Å². The normalized spacial score (nSPS) is 16.7. The summed E-state index contributed by atoms with van der Waals surface area (Å²) < 4.78 is 0. The first-order chi connectivity index (χ1) is 7.04. The van der Waals surface area contributed by atoms with Gasteiger partial charge >= 0.3 is 0 Å². The number of benzene rings is 1. The van der Waals surface area contributed by atoms with Gasteiger partial charge in [-0.25, -0.2) is 0 Å². The lowest BCUT2D eigenvalue weighted by atomic mass is 10.1. The Hall–Kier alpha value is -0.820. The Bertz CT molecular complexity index is 331. The molecule has 0 unspecified atom stereocenters. The van der Waals surface area contributed by atoms with Crippen LogP contribution in [0.5, 0.6) is 0 Å². The Morgan fingerprint density at radius 2 is 2.00 bits per heavy atom. The van der Waals surface area contributed by atoms with E-state index < -0.39 is 0 Å². The highest BCUT2D eigenvalue weighted by molar-refractivity contribution is 5.29. The van der Waals surface area contributed by atoms with Gasteiger partial charge in [0.2, 0.25) is 0 Å². The van der Waals surface area contributed by atoms with Gasteiger partial charge in [0.15, 0.2) is 0 Å². The first-order valence-corrected chi connectivity index (χ1v) is 5.88. The molecule has 0 amide bonds. The minimum Gasteiger partial charge on any atom is -0.308 e. The molecule has 1 aliphatic rings. The molecule has 1 N–H and O–H groups in total. The van der Waals surface area contributed by atoms with Crippen LogP contribution in [-0.2, 0) is 6.54 Å². The van der Waals surface area contributed by atoms with Crippen LogP contribution in [0.2, 0.25) is 0 Å². The van der Waals surface area contributed by atoms with E-state index in [1.807, 2.05) is 0 Å². The predicted molar refractivity (Wildman–Crippen MR) is 65.0 cm³/mol. The van der Waals surface area contributed by atoms with Crippen LogP contribution in [0.25, 0.3) is 0 Å². The third kappa shape index (κ3) is 3.35. The highest BCUT2D eigenvalue weighted by atomic mass is 14.9. The summed E-state index contributed by atoms with van der Waals surface area (Å²) >= 11 is 0. The SMILES string of the molecule is CC(C)(C)NCc1cccc(C2CC2)c1. The van der Waals surface area contributed by atoms with Gasteiger partial charge in [0.05, 0.1) is 0 Å². The predicted octanol–water partition coefficient (Wildman–Crippen LogP) is 3.45. The summed E-state index contributed by atoms with van der Waals surface area (Å²) in [5.41, 5.74) is 3.15. The average molecular weight is 203 g/mol. The molecule has 0 aromatic heterocycles. The summed E-state index contributed by atoms with van der Waals surface area (Å²) in [5.74, 6) is 0.861. The van der Waals surface area contributed by atoms with Gasteiger partial charge in [0.1, 0.15) is 0 Å². The van der Waals surface area contributed by atoms with Crippen LogP contribution in [0, 0.1) is 0 Å². The monoisotopic (exact) mass is 203 g/mol. The van der Waals surface area contributed by atoms with Crippen molar-refractivity contribution in [2.24, 2.45) is 0 Å². The van der Waals surface area contributed by atoms with E-state index >= 15 is 0 Å². The van der Waals surface area contributed by atoms with Crippen LogP contribution in [0.15, 0.2) is 24.3 Å². The Morgan fingerprint density at radius 3 is 2.60 bits per heavy atom. The lowest BCUT2D eigenvalue weighted by molar-refractivity contribution is 0.424. The Balaban J connectivity index is 1.99. The summed E-state index contributed by atoms with van der Waals surface area (Å²) in [4.78, 5) is 0. The summed E-state index contributed by atoms with van der Waals surface area (Å²) in [6.07, 6.45) is 2.77. The Morgan fingerprint density at radius 1 is 1.27 bits per heavy atom. The van der Waals surface area contributed by atoms with Crippen LogP contribution in [0.1, 0.15) is 50.7 Å². The zero-order chi connectivity index (χ0) is 10.9. The number of hydrogen-bond acceptors (Lipinski definition) is 1. The van der Waals surface area contributed by atoms with Crippen molar-refractivity contribution >= 4 is 0 Å². The number of hydrogen-bond donors (Lipinski definition) is 1. The second-order valence-corrected chi connectivity index (χ2v) is 5.62. The first-order valence-electron chi connectivity index (χ1n) is 5.88. The van der Waals surface area contributed by atoms with E-state index in [0.717, 1.165) is 12.5 Å². The fourth-order valence-corrected chi connectivity index (χ4v) is 1.74. The van der Waals surface area contributed by atoms with Crippen molar-refractivity contribution in [3.8, 4) is 0 Å². The van der Waals surface area contributed by atoms with Gasteiger partial charge in [-0.15, -0.1) is 0 Å². The molecule has 0 saturated heterocycles. The lowest BCUT2D eigenvalue weighted by Crippen LogP contribution is -2.35. The third-order valence-electron chi connectivity index (χ3n) is 2.82. The molecule has 1 heteroatoms. The molecule has 82 valence electrons. The van der Waals surface area contributed by atoms with Crippen LogP contribution in [-0.4, -0.2) is 5.54 Å². The Labute approximate surface area is 92.9 Å². The average Bonchev–Trinajstić information content (AvgIpc) is 2.97. The Kier molecular flexibility index (Phi) is 2.83. The molecule has 1 nitrogen and oxygen atoms in total. The molecule has 1 saturated carbocycles. The highest BCUT2D eigenvalue weighted by Crippen LogP contribution is 2.40. The standard InChI is InChI=1S/C14H21N/c1-14(2,3)15-10-11-5-4-6-13(9-11)12-7-8-12/h4-6,9,12,15H,7-8,10H2,1-3H3. The molecule has 1 aliphatic carbocycles. The molecule has 15 heavy (non-hydrogen) atoms. The van der Waals surface area contributed by atoms with E-state index in [1.165, 1.54) is 24.0 Å². The van der Waals surface area contributed by atoms with Crippen molar-refractivity contribution in [1.82, 2.24) is 5.32 Å². The fraction of sp³-hybridized carbons (Fsp3) is 0.571. The maximum absolute atomic E-state index is 3.52. The highest BCUT2D eigenvalue weighted by Gasteiger charge is 2.23. The second kappa shape index (κ2) is 3.97. The zero-order valence-electron chi connectivity index (χ0n) is 10.0. The molecule has 0 spiro atoms. The lowest BCUT2D eigenvalue weighted by Gasteiger charge is -2.20. The first kappa shape index (κ1) is 10.7. The van der Waals surface area contributed by atoms with Crippen LogP contribution in [0.3, 0.4) is 0 Å². The van der Waals surface area contributed by atoms with Crippen molar-refractivity contribution in [1.29, 1.82) is 0 Å². The maximum atomic E-state index is 3.52. The quantitative estimate of drug-likeness (QED) is 0.793. The molecule has 1 aromatic carbocycles. The summed E-state index contributed by atoms with van der Waals surface area (Å²) in [6, 6.07) is 9.02.